The average molecular weight is 353 g/mol. The lowest BCUT2D eigenvalue weighted by molar-refractivity contribution is -0.130. The topological polar surface area (TPSA) is 88.8 Å². The van der Waals surface area contributed by atoms with Gasteiger partial charge in [-0.3, -0.25) is 9.59 Å². The number of nitrogens with zero attached hydrogens (tertiary/aromatic N) is 3. The maximum Gasteiger partial charge on any atom is 0.255 e. The highest BCUT2D eigenvalue weighted by Crippen LogP contribution is 2.26. The van der Waals surface area contributed by atoms with E-state index in [0.29, 0.717) is 36.1 Å². The fourth-order valence-corrected chi connectivity index (χ4v) is 3.36. The van der Waals surface area contributed by atoms with Crippen molar-refractivity contribution in [3.8, 4) is 0 Å². The number of amides is 2. The number of pyridine rings is 1. The van der Waals surface area contributed by atoms with Crippen molar-refractivity contribution in [1.29, 1.82) is 0 Å². The molecule has 1 aromatic heterocycles. The summed E-state index contributed by atoms with van der Waals surface area (Å²) in [7, 11) is 0. The lowest BCUT2D eigenvalue weighted by Gasteiger charge is -2.32. The minimum Gasteiger partial charge on any atom is -0.367 e. The second-order valence-electron chi connectivity index (χ2n) is 6.09. The minimum atomic E-state index is -0.675. The maximum absolute atomic E-state index is 12.5. The van der Waals surface area contributed by atoms with E-state index in [1.54, 1.807) is 12.3 Å². The summed E-state index contributed by atoms with van der Waals surface area (Å²) in [6.07, 6.45) is 4.11. The Morgan fingerprint density at radius 1 is 1.25 bits per heavy atom. The van der Waals surface area contributed by atoms with Gasteiger partial charge in [-0.2, -0.15) is 0 Å². The molecule has 130 valence electrons. The zero-order valence-corrected chi connectivity index (χ0v) is 14.2. The zero-order valence-electron chi connectivity index (χ0n) is 13.4. The van der Waals surface area contributed by atoms with E-state index in [1.807, 2.05) is 9.80 Å². The van der Waals surface area contributed by atoms with E-state index in [1.165, 1.54) is 6.42 Å². The highest BCUT2D eigenvalue weighted by molar-refractivity contribution is 6.33. The molecule has 2 amide bonds. The standard InChI is InChI=1S/C16H21ClN4O3/c17-12-8-11(16(23)20-4-2-1-3-5-20)9-19-15(12)21-6-7-24-13(10-21)14(18)22/h8-9,13H,1-7,10H2,(H2,18,22). The summed E-state index contributed by atoms with van der Waals surface area (Å²) in [6, 6.07) is 1.65. The summed E-state index contributed by atoms with van der Waals surface area (Å²) in [5, 5.41) is 0.392. The number of rotatable bonds is 3. The molecule has 24 heavy (non-hydrogen) atoms. The predicted molar refractivity (Wildman–Crippen MR) is 90.1 cm³/mol. The number of ether oxygens (including phenoxy) is 1. The first-order valence-corrected chi connectivity index (χ1v) is 8.55. The zero-order chi connectivity index (χ0) is 17.1. The summed E-state index contributed by atoms with van der Waals surface area (Å²) < 4.78 is 5.32. The molecule has 0 aromatic carbocycles. The summed E-state index contributed by atoms with van der Waals surface area (Å²) in [6.45, 7) is 2.81. The predicted octanol–water partition coefficient (Wildman–Crippen LogP) is 1.05. The second-order valence-corrected chi connectivity index (χ2v) is 6.50. The number of carbonyl (C=O) groups excluding carboxylic acids is 2. The fraction of sp³-hybridized carbons (Fsp3) is 0.562. The molecule has 3 heterocycles. The van der Waals surface area contributed by atoms with Crippen LogP contribution in [0.15, 0.2) is 12.3 Å². The van der Waals surface area contributed by atoms with Crippen LogP contribution < -0.4 is 10.6 Å². The van der Waals surface area contributed by atoms with E-state index in [4.69, 9.17) is 22.1 Å². The van der Waals surface area contributed by atoms with E-state index < -0.39 is 12.0 Å². The van der Waals surface area contributed by atoms with E-state index in [2.05, 4.69) is 4.98 Å². The number of primary amides is 1. The first kappa shape index (κ1) is 17.0. The van der Waals surface area contributed by atoms with Gasteiger partial charge >= 0.3 is 0 Å². The average Bonchev–Trinajstić information content (AvgIpc) is 2.62. The van der Waals surface area contributed by atoms with Crippen LogP contribution in [0.3, 0.4) is 0 Å². The Morgan fingerprint density at radius 3 is 2.67 bits per heavy atom. The van der Waals surface area contributed by atoms with Crippen LogP contribution in [0.1, 0.15) is 29.6 Å². The van der Waals surface area contributed by atoms with Crippen LogP contribution in [-0.2, 0) is 9.53 Å². The van der Waals surface area contributed by atoms with Gasteiger partial charge in [0.1, 0.15) is 5.82 Å². The molecule has 0 radical (unpaired) electrons. The number of hydrogen-bond acceptors (Lipinski definition) is 5. The van der Waals surface area contributed by atoms with Gasteiger partial charge in [0.25, 0.3) is 5.91 Å². The van der Waals surface area contributed by atoms with Crippen LogP contribution in [0.4, 0.5) is 5.82 Å². The van der Waals surface area contributed by atoms with Crippen LogP contribution in [0, 0.1) is 0 Å². The molecule has 2 saturated heterocycles. The normalized spacial score (nSPS) is 21.6. The van der Waals surface area contributed by atoms with Gasteiger partial charge in [0.15, 0.2) is 6.10 Å². The van der Waals surface area contributed by atoms with Crippen LogP contribution in [0.5, 0.6) is 0 Å². The Bertz CT molecular complexity index is 634. The fourth-order valence-electron chi connectivity index (χ4n) is 3.07. The third-order valence-corrected chi connectivity index (χ3v) is 4.67. The summed E-state index contributed by atoms with van der Waals surface area (Å²) in [5.41, 5.74) is 5.79. The Kier molecular flexibility index (Phi) is 5.20. The largest absolute Gasteiger partial charge is 0.367 e. The van der Waals surface area contributed by atoms with Gasteiger partial charge in [0.2, 0.25) is 5.91 Å². The van der Waals surface area contributed by atoms with Gasteiger partial charge in [-0.25, -0.2) is 4.98 Å². The molecule has 1 atom stereocenters. The van der Waals surface area contributed by atoms with Gasteiger partial charge in [-0.05, 0) is 25.3 Å². The number of morpholine rings is 1. The number of likely N-dealkylation sites (tertiary alicyclic amines) is 1. The minimum absolute atomic E-state index is 0.0346. The molecule has 0 spiro atoms. The summed E-state index contributed by atoms with van der Waals surface area (Å²) in [4.78, 5) is 31.9. The van der Waals surface area contributed by atoms with Crippen molar-refractivity contribution in [2.75, 3.05) is 37.7 Å². The smallest absolute Gasteiger partial charge is 0.255 e. The molecule has 7 nitrogen and oxygen atoms in total. The van der Waals surface area contributed by atoms with E-state index in [-0.39, 0.29) is 5.91 Å². The van der Waals surface area contributed by atoms with E-state index in [9.17, 15) is 9.59 Å². The van der Waals surface area contributed by atoms with Crippen molar-refractivity contribution in [3.63, 3.8) is 0 Å². The molecule has 0 saturated carbocycles. The van der Waals surface area contributed by atoms with Crippen LogP contribution >= 0.6 is 11.6 Å². The first-order chi connectivity index (χ1) is 11.6. The van der Waals surface area contributed by atoms with Gasteiger partial charge < -0.3 is 20.3 Å². The number of piperidine rings is 1. The summed E-state index contributed by atoms with van der Waals surface area (Å²) >= 11 is 6.34. The SMILES string of the molecule is NC(=O)C1CN(c2ncc(C(=O)N3CCCCC3)cc2Cl)CCO1. The summed E-state index contributed by atoms with van der Waals surface area (Å²) in [5.74, 6) is 0.00164. The monoisotopic (exact) mass is 352 g/mol. The molecule has 3 rings (SSSR count). The molecule has 2 N–H and O–H groups in total. The number of hydrogen-bond donors (Lipinski definition) is 1. The molecule has 2 aliphatic rings. The molecular formula is C16H21ClN4O3. The number of carbonyl (C=O) groups is 2. The van der Waals surface area contributed by atoms with Crippen molar-refractivity contribution in [1.82, 2.24) is 9.88 Å². The number of halogens is 1. The highest BCUT2D eigenvalue weighted by atomic mass is 35.5. The van der Waals surface area contributed by atoms with Gasteiger partial charge in [-0.1, -0.05) is 11.6 Å². The third-order valence-electron chi connectivity index (χ3n) is 4.40. The Hall–Kier alpha value is -1.86. The molecule has 1 aromatic rings. The van der Waals surface area contributed by atoms with Gasteiger partial charge in [0.05, 0.1) is 23.7 Å². The highest BCUT2D eigenvalue weighted by Gasteiger charge is 2.27. The van der Waals surface area contributed by atoms with Gasteiger partial charge in [-0.15, -0.1) is 0 Å². The molecule has 2 aliphatic heterocycles. The molecule has 0 aliphatic carbocycles. The van der Waals surface area contributed by atoms with Crippen molar-refractivity contribution < 1.29 is 14.3 Å². The van der Waals surface area contributed by atoms with Crippen molar-refractivity contribution >= 4 is 29.2 Å². The van der Waals surface area contributed by atoms with Crippen LogP contribution in [0.25, 0.3) is 0 Å². The number of nitrogens with two attached hydrogens (primary N) is 1. The quantitative estimate of drug-likeness (QED) is 0.878. The van der Waals surface area contributed by atoms with E-state index >= 15 is 0 Å². The lowest BCUT2D eigenvalue weighted by atomic mass is 10.1. The molecule has 1 unspecified atom stereocenters. The van der Waals surface area contributed by atoms with Gasteiger partial charge in [0, 0.05) is 25.8 Å². The Labute approximate surface area is 145 Å². The molecule has 8 heteroatoms. The molecule has 2 fully saturated rings. The Balaban J connectivity index is 1.74. The van der Waals surface area contributed by atoms with Crippen LogP contribution in [0.2, 0.25) is 5.02 Å². The number of aromatic nitrogens is 1. The third kappa shape index (κ3) is 3.62. The molecular weight excluding hydrogens is 332 g/mol. The first-order valence-electron chi connectivity index (χ1n) is 8.17. The number of anilines is 1. The van der Waals surface area contributed by atoms with Crippen LogP contribution in [-0.4, -0.2) is 60.6 Å². The lowest BCUT2D eigenvalue weighted by Crippen LogP contribution is -2.48. The second kappa shape index (κ2) is 7.36. The Morgan fingerprint density at radius 2 is 2.00 bits per heavy atom. The maximum atomic E-state index is 12.5. The molecule has 0 bridgehead atoms. The van der Waals surface area contributed by atoms with Crippen molar-refractivity contribution in [3.05, 3.63) is 22.8 Å². The van der Waals surface area contributed by atoms with E-state index in [0.717, 1.165) is 25.9 Å². The van der Waals surface area contributed by atoms with Crippen molar-refractivity contribution in [2.45, 2.75) is 25.4 Å². The van der Waals surface area contributed by atoms with Crippen molar-refractivity contribution in [2.24, 2.45) is 5.73 Å².